The van der Waals surface area contributed by atoms with Gasteiger partial charge in [-0.15, -0.1) is 21.5 Å². The third-order valence-electron chi connectivity index (χ3n) is 5.22. The van der Waals surface area contributed by atoms with Gasteiger partial charge in [-0.25, -0.2) is 0 Å². The highest BCUT2D eigenvalue weighted by Gasteiger charge is 2.34. The van der Waals surface area contributed by atoms with Gasteiger partial charge in [-0.2, -0.15) is 0 Å². The van der Waals surface area contributed by atoms with E-state index >= 15 is 0 Å². The molecule has 1 aliphatic rings. The Labute approximate surface area is 201 Å². The molecule has 1 atom stereocenters. The third-order valence-corrected chi connectivity index (χ3v) is 6.85. The molecule has 1 aliphatic heterocycles. The molecule has 7 nitrogen and oxygen atoms in total. The molecule has 0 saturated heterocycles. The number of rotatable bonds is 4. The average molecular weight is 485 g/mol. The van der Waals surface area contributed by atoms with Gasteiger partial charge in [0, 0.05) is 16.1 Å². The minimum Gasteiger partial charge on any atom is -0.460 e. The first-order valence-electron chi connectivity index (χ1n) is 10.6. The molecule has 0 saturated carbocycles. The predicted molar refractivity (Wildman–Crippen MR) is 129 cm³/mol. The smallest absolute Gasteiger partial charge is 0.308 e. The van der Waals surface area contributed by atoms with Crippen LogP contribution in [0.2, 0.25) is 5.02 Å². The molecule has 33 heavy (non-hydrogen) atoms. The molecular weight excluding hydrogens is 460 g/mol. The van der Waals surface area contributed by atoms with Gasteiger partial charge in [-0.3, -0.25) is 19.1 Å². The van der Waals surface area contributed by atoms with Crippen molar-refractivity contribution in [2.45, 2.75) is 59.6 Å². The quantitative estimate of drug-likeness (QED) is 0.364. The van der Waals surface area contributed by atoms with Crippen LogP contribution in [0.4, 0.5) is 0 Å². The number of fused-ring (bicyclic) bond motifs is 3. The summed E-state index contributed by atoms with van der Waals surface area (Å²) in [5.41, 5.74) is 2.58. The van der Waals surface area contributed by atoms with Crippen LogP contribution in [-0.2, 0) is 9.53 Å². The Morgan fingerprint density at radius 3 is 2.42 bits per heavy atom. The van der Waals surface area contributed by atoms with E-state index in [1.165, 1.54) is 11.3 Å². The van der Waals surface area contributed by atoms with Crippen LogP contribution >= 0.6 is 22.9 Å². The molecule has 0 spiro atoms. The van der Waals surface area contributed by atoms with E-state index < -0.39 is 11.6 Å². The van der Waals surface area contributed by atoms with Crippen molar-refractivity contribution in [1.29, 1.82) is 0 Å². The van der Waals surface area contributed by atoms with Crippen molar-refractivity contribution in [3.8, 4) is 5.00 Å². The Hall–Kier alpha value is -2.84. The number of thiophene rings is 1. The van der Waals surface area contributed by atoms with Gasteiger partial charge in [0.1, 0.15) is 22.5 Å². The third kappa shape index (κ3) is 4.50. The number of aromatic nitrogens is 3. The summed E-state index contributed by atoms with van der Waals surface area (Å²) in [4.78, 5) is 30.8. The maximum absolute atomic E-state index is 12.8. The summed E-state index contributed by atoms with van der Waals surface area (Å²) in [5.74, 6) is 0.813. The number of hydrogen-bond acceptors (Lipinski definition) is 7. The Morgan fingerprint density at radius 1 is 1.15 bits per heavy atom. The fraction of sp³-hybridized carbons (Fsp3) is 0.375. The minimum absolute atomic E-state index is 0.0139. The first kappa shape index (κ1) is 23.3. The van der Waals surface area contributed by atoms with E-state index in [0.29, 0.717) is 27.3 Å². The van der Waals surface area contributed by atoms with Crippen molar-refractivity contribution in [3.63, 3.8) is 0 Å². The molecule has 2 aromatic heterocycles. The van der Waals surface area contributed by atoms with Crippen molar-refractivity contribution >= 4 is 40.4 Å². The molecule has 172 valence electrons. The number of ketones is 1. The minimum atomic E-state index is -0.611. The van der Waals surface area contributed by atoms with Gasteiger partial charge in [0.2, 0.25) is 0 Å². The van der Waals surface area contributed by atoms with Crippen LogP contribution in [0.1, 0.15) is 78.2 Å². The van der Waals surface area contributed by atoms with Gasteiger partial charge in [-0.05, 0) is 59.2 Å². The second-order valence-electron chi connectivity index (χ2n) is 9.02. The summed E-state index contributed by atoms with van der Waals surface area (Å²) in [6.07, 6.45) is 0.0139. The normalized spacial score (nSPS) is 15.4. The average Bonchev–Trinajstić information content (AvgIpc) is 3.20. The number of aryl methyl sites for hydroxylation is 1. The topological polar surface area (TPSA) is 86.4 Å². The van der Waals surface area contributed by atoms with Crippen molar-refractivity contribution in [2.24, 2.45) is 4.99 Å². The molecule has 0 bridgehead atoms. The molecule has 9 heteroatoms. The van der Waals surface area contributed by atoms with Gasteiger partial charge in [0.25, 0.3) is 0 Å². The lowest BCUT2D eigenvalue weighted by atomic mass is 9.99. The second-order valence-corrected chi connectivity index (χ2v) is 10.5. The molecule has 0 aliphatic carbocycles. The zero-order valence-corrected chi connectivity index (χ0v) is 21.0. The predicted octanol–water partition coefficient (Wildman–Crippen LogP) is 5.43. The number of carbonyl (C=O) groups excluding carboxylic acids is 2. The molecular formula is C24H25ClN4O3S. The van der Waals surface area contributed by atoms with Crippen LogP contribution in [0.15, 0.2) is 29.3 Å². The van der Waals surface area contributed by atoms with Gasteiger partial charge in [0.05, 0.1) is 17.0 Å². The summed E-state index contributed by atoms with van der Waals surface area (Å²) in [5, 5.41) is 10.1. The number of ether oxygens (including phenoxy) is 1. The number of benzene rings is 1. The lowest BCUT2D eigenvalue weighted by molar-refractivity contribution is -0.155. The number of hydrogen-bond donors (Lipinski definition) is 0. The fourth-order valence-electron chi connectivity index (χ4n) is 3.90. The van der Waals surface area contributed by atoms with Gasteiger partial charge in [-0.1, -0.05) is 23.7 Å². The van der Waals surface area contributed by atoms with E-state index in [-0.39, 0.29) is 18.2 Å². The number of nitrogens with zero attached hydrogens (tertiary/aromatic N) is 4. The molecule has 0 radical (unpaired) electrons. The summed E-state index contributed by atoms with van der Waals surface area (Å²) >= 11 is 7.52. The monoisotopic (exact) mass is 484 g/mol. The SMILES string of the molecule is CC(=O)c1sc2c(c1C)C(c1ccc(Cl)cc1)=N[C@@H](CC(=O)OC(C)(C)C)c1nnc(C)n1-2. The van der Waals surface area contributed by atoms with E-state index in [4.69, 9.17) is 21.3 Å². The Morgan fingerprint density at radius 2 is 1.82 bits per heavy atom. The van der Waals surface area contributed by atoms with E-state index in [1.54, 1.807) is 19.1 Å². The van der Waals surface area contributed by atoms with E-state index in [9.17, 15) is 9.59 Å². The standard InChI is InChI=1S/C24H25ClN4O3S/c1-12-19-20(15-7-9-16(25)10-8-15)26-17(11-18(31)32-24(4,5)6)22-28-27-14(3)29(22)23(19)33-21(12)13(2)30/h7-10,17H,11H2,1-6H3/t17-/m0/s1. The lowest BCUT2D eigenvalue weighted by Crippen LogP contribution is -2.25. The molecule has 0 amide bonds. The molecule has 0 N–H and O–H groups in total. The highest BCUT2D eigenvalue weighted by atomic mass is 35.5. The van der Waals surface area contributed by atoms with Gasteiger partial charge >= 0.3 is 5.97 Å². The summed E-state index contributed by atoms with van der Waals surface area (Å²) in [7, 11) is 0. The highest BCUT2D eigenvalue weighted by molar-refractivity contribution is 7.17. The van der Waals surface area contributed by atoms with Crippen LogP contribution in [-0.4, -0.2) is 37.8 Å². The highest BCUT2D eigenvalue weighted by Crippen LogP contribution is 2.40. The maximum Gasteiger partial charge on any atom is 0.308 e. The van der Waals surface area contributed by atoms with Crippen LogP contribution in [0.25, 0.3) is 5.00 Å². The summed E-state index contributed by atoms with van der Waals surface area (Å²) in [6.45, 7) is 10.8. The fourth-order valence-corrected chi connectivity index (χ4v) is 5.29. The number of aliphatic imine (C=N–C) groups is 1. The van der Waals surface area contributed by atoms with Crippen LogP contribution in [0.5, 0.6) is 0 Å². The molecule has 3 aromatic rings. The van der Waals surface area contributed by atoms with Gasteiger partial charge in [0.15, 0.2) is 11.6 Å². The first-order chi connectivity index (χ1) is 15.5. The zero-order valence-electron chi connectivity index (χ0n) is 19.4. The van der Waals surface area contributed by atoms with E-state index in [2.05, 4.69) is 10.2 Å². The van der Waals surface area contributed by atoms with Crippen LogP contribution in [0, 0.1) is 13.8 Å². The largest absolute Gasteiger partial charge is 0.460 e. The molecule has 0 unspecified atom stereocenters. The van der Waals surface area contributed by atoms with Crippen molar-refractivity contribution in [3.05, 3.63) is 62.5 Å². The van der Waals surface area contributed by atoms with Gasteiger partial charge < -0.3 is 4.74 Å². The molecule has 4 rings (SSSR count). The summed E-state index contributed by atoms with van der Waals surface area (Å²) in [6, 6.07) is 6.77. The Kier molecular flexibility index (Phi) is 6.01. The van der Waals surface area contributed by atoms with Crippen molar-refractivity contribution < 1.29 is 14.3 Å². The maximum atomic E-state index is 12.8. The van der Waals surface area contributed by atoms with Crippen molar-refractivity contribution in [1.82, 2.24) is 14.8 Å². The van der Waals surface area contributed by atoms with Crippen molar-refractivity contribution in [2.75, 3.05) is 0 Å². The Balaban J connectivity index is 1.95. The summed E-state index contributed by atoms with van der Waals surface area (Å²) < 4.78 is 7.47. The number of halogens is 1. The molecule has 1 aromatic carbocycles. The zero-order chi connectivity index (χ0) is 24.1. The Bertz CT molecular complexity index is 1280. The lowest BCUT2D eigenvalue weighted by Gasteiger charge is -2.21. The number of esters is 1. The van der Waals surface area contributed by atoms with Crippen LogP contribution < -0.4 is 0 Å². The number of Topliss-reactive ketones (excluding diaryl/α,β-unsaturated/α-hetero) is 1. The second kappa shape index (κ2) is 8.50. The molecule has 3 heterocycles. The van der Waals surface area contributed by atoms with E-state index in [0.717, 1.165) is 21.7 Å². The first-order valence-corrected chi connectivity index (χ1v) is 11.8. The molecule has 0 fully saturated rings. The number of carbonyl (C=O) groups is 2. The van der Waals surface area contributed by atoms with Crippen LogP contribution in [0.3, 0.4) is 0 Å². The van der Waals surface area contributed by atoms with E-state index in [1.807, 2.05) is 51.3 Å².